The summed E-state index contributed by atoms with van der Waals surface area (Å²) in [7, 11) is 2.16. The van der Waals surface area contributed by atoms with Crippen molar-refractivity contribution >= 4 is 11.8 Å². The Kier molecular flexibility index (Phi) is 5.36. The number of primary amides is 1. The van der Waals surface area contributed by atoms with Crippen molar-refractivity contribution in [3.05, 3.63) is 23.2 Å². The van der Waals surface area contributed by atoms with Crippen LogP contribution in [0.2, 0.25) is 0 Å². The van der Waals surface area contributed by atoms with Crippen LogP contribution in [0.25, 0.3) is 0 Å². The van der Waals surface area contributed by atoms with Crippen molar-refractivity contribution in [1.82, 2.24) is 15.1 Å². The molecule has 0 radical (unpaired) electrons. The number of furan rings is 1. The summed E-state index contributed by atoms with van der Waals surface area (Å²) in [6, 6.07) is 1.80. The van der Waals surface area contributed by atoms with Crippen LogP contribution in [0, 0.1) is 0 Å². The van der Waals surface area contributed by atoms with Gasteiger partial charge in [0.05, 0.1) is 0 Å². The molecule has 0 aliphatic carbocycles. The molecule has 3 N–H and O–H groups in total. The summed E-state index contributed by atoms with van der Waals surface area (Å²) in [4.78, 5) is 28.3. The van der Waals surface area contributed by atoms with Crippen LogP contribution in [0.1, 0.15) is 61.9 Å². The molecule has 2 fully saturated rings. The first-order valence-electron chi connectivity index (χ1n) is 9.74. The van der Waals surface area contributed by atoms with E-state index in [-0.39, 0.29) is 22.6 Å². The number of amides is 2. The Bertz CT molecular complexity index is 721. The summed E-state index contributed by atoms with van der Waals surface area (Å²) in [6.45, 7) is 10.5. The number of hydrogen-bond donors (Lipinski definition) is 2. The van der Waals surface area contributed by atoms with Gasteiger partial charge in [0.15, 0.2) is 5.76 Å². The van der Waals surface area contributed by atoms with E-state index in [4.69, 9.17) is 10.2 Å². The number of rotatable bonds is 3. The highest BCUT2D eigenvalue weighted by molar-refractivity contribution is 5.90. The maximum atomic E-state index is 11.8. The van der Waals surface area contributed by atoms with E-state index >= 15 is 0 Å². The van der Waals surface area contributed by atoms with Crippen molar-refractivity contribution in [2.45, 2.75) is 57.5 Å². The second-order valence-electron chi connectivity index (χ2n) is 9.04. The van der Waals surface area contributed by atoms with Gasteiger partial charge in [0, 0.05) is 55.7 Å². The van der Waals surface area contributed by atoms with Gasteiger partial charge in [-0.2, -0.15) is 0 Å². The largest absolute Gasteiger partial charge is 0.455 e. The third-order valence-electron chi connectivity index (χ3n) is 5.94. The van der Waals surface area contributed by atoms with Gasteiger partial charge < -0.3 is 15.5 Å². The first kappa shape index (κ1) is 19.9. The SMILES string of the molecule is CN1CCN(Cc2cc(C(N)=O)oc2C(C)(C)C)C[C@@]12CCNC(=O)CC2. The molecule has 7 heteroatoms. The number of nitrogens with one attached hydrogen (secondary N) is 1. The smallest absolute Gasteiger partial charge is 0.284 e. The summed E-state index contributed by atoms with van der Waals surface area (Å²) in [5.41, 5.74) is 6.27. The standard InChI is InChI=1S/C20H32N4O3/c1-19(2,3)17-14(11-15(27-17)18(21)26)12-24-10-9-23(4)20(13-24)6-5-16(25)22-8-7-20/h11H,5-10,12-13H2,1-4H3,(H2,21,26)(H,22,25)/t20-/m1/s1. The van der Waals surface area contributed by atoms with Crippen LogP contribution in [-0.4, -0.2) is 60.4 Å². The topological polar surface area (TPSA) is 91.8 Å². The lowest BCUT2D eigenvalue weighted by molar-refractivity contribution is -0.121. The second-order valence-corrected chi connectivity index (χ2v) is 9.04. The average Bonchev–Trinajstić information content (AvgIpc) is 2.92. The molecular weight excluding hydrogens is 344 g/mol. The fourth-order valence-corrected chi connectivity index (χ4v) is 4.36. The lowest BCUT2D eigenvalue weighted by atomic mass is 9.85. The predicted octanol–water partition coefficient (Wildman–Crippen LogP) is 1.46. The molecule has 2 saturated heterocycles. The molecule has 150 valence electrons. The van der Waals surface area contributed by atoms with Crippen molar-refractivity contribution in [3.63, 3.8) is 0 Å². The molecule has 27 heavy (non-hydrogen) atoms. The minimum atomic E-state index is -0.532. The Labute approximate surface area is 161 Å². The molecule has 0 saturated carbocycles. The molecule has 7 nitrogen and oxygen atoms in total. The molecule has 1 aromatic rings. The minimum absolute atomic E-state index is 0.00948. The fourth-order valence-electron chi connectivity index (χ4n) is 4.36. The van der Waals surface area contributed by atoms with Crippen LogP contribution < -0.4 is 11.1 Å². The summed E-state index contributed by atoms with van der Waals surface area (Å²) >= 11 is 0. The quantitative estimate of drug-likeness (QED) is 0.833. The molecule has 2 amide bonds. The number of nitrogens with zero attached hydrogens (tertiary/aromatic N) is 2. The number of carbonyl (C=O) groups excluding carboxylic acids is 2. The van der Waals surface area contributed by atoms with E-state index in [0.717, 1.165) is 56.9 Å². The molecule has 1 aromatic heterocycles. The molecule has 0 aromatic carbocycles. The number of likely N-dealkylation sites (N-methyl/N-ethyl adjacent to an activating group) is 1. The summed E-state index contributed by atoms with van der Waals surface area (Å²) in [6.07, 6.45) is 2.40. The second kappa shape index (κ2) is 7.28. The molecule has 1 spiro atoms. The Balaban J connectivity index is 1.82. The van der Waals surface area contributed by atoms with E-state index in [0.29, 0.717) is 6.42 Å². The molecule has 3 heterocycles. The Morgan fingerprint density at radius 2 is 2.07 bits per heavy atom. The minimum Gasteiger partial charge on any atom is -0.455 e. The third-order valence-corrected chi connectivity index (χ3v) is 5.94. The molecular formula is C20H32N4O3. The van der Waals surface area contributed by atoms with Crippen LogP contribution >= 0.6 is 0 Å². The Morgan fingerprint density at radius 1 is 1.33 bits per heavy atom. The van der Waals surface area contributed by atoms with Crippen molar-refractivity contribution in [1.29, 1.82) is 0 Å². The van der Waals surface area contributed by atoms with E-state index in [1.165, 1.54) is 0 Å². The van der Waals surface area contributed by atoms with E-state index in [9.17, 15) is 9.59 Å². The van der Waals surface area contributed by atoms with Crippen molar-refractivity contribution < 1.29 is 14.0 Å². The normalized spacial score (nSPS) is 25.4. The van der Waals surface area contributed by atoms with Crippen molar-refractivity contribution in [2.75, 3.05) is 33.2 Å². The molecule has 1 atom stereocenters. The zero-order valence-electron chi connectivity index (χ0n) is 16.9. The van der Waals surface area contributed by atoms with Crippen LogP contribution in [0.5, 0.6) is 0 Å². The maximum absolute atomic E-state index is 11.8. The van der Waals surface area contributed by atoms with Gasteiger partial charge in [-0.05, 0) is 26.0 Å². The monoisotopic (exact) mass is 376 g/mol. The number of nitrogens with two attached hydrogens (primary N) is 1. The highest BCUT2D eigenvalue weighted by atomic mass is 16.4. The van der Waals surface area contributed by atoms with Crippen LogP contribution in [-0.2, 0) is 16.8 Å². The highest BCUT2D eigenvalue weighted by Gasteiger charge is 2.41. The number of carbonyl (C=O) groups is 2. The molecule has 0 bridgehead atoms. The molecule has 3 rings (SSSR count). The van der Waals surface area contributed by atoms with Gasteiger partial charge in [-0.3, -0.25) is 19.4 Å². The predicted molar refractivity (Wildman–Crippen MR) is 103 cm³/mol. The van der Waals surface area contributed by atoms with Crippen molar-refractivity contribution in [2.24, 2.45) is 5.73 Å². The Hall–Kier alpha value is -1.86. The highest BCUT2D eigenvalue weighted by Crippen LogP contribution is 2.33. The molecule has 2 aliphatic heterocycles. The van der Waals surface area contributed by atoms with E-state index in [1.807, 2.05) is 0 Å². The van der Waals surface area contributed by atoms with Gasteiger partial charge in [0.25, 0.3) is 5.91 Å². The first-order valence-corrected chi connectivity index (χ1v) is 9.74. The lowest BCUT2D eigenvalue weighted by Gasteiger charge is -2.49. The fraction of sp³-hybridized carbons (Fsp3) is 0.700. The van der Waals surface area contributed by atoms with Gasteiger partial charge >= 0.3 is 0 Å². The van der Waals surface area contributed by atoms with E-state index in [2.05, 4.69) is 42.9 Å². The molecule has 2 aliphatic rings. The van der Waals surface area contributed by atoms with E-state index in [1.54, 1.807) is 6.07 Å². The van der Waals surface area contributed by atoms with Gasteiger partial charge in [0.2, 0.25) is 5.91 Å². The third kappa shape index (κ3) is 4.19. The van der Waals surface area contributed by atoms with Crippen LogP contribution in [0.15, 0.2) is 10.5 Å². The number of hydrogen-bond acceptors (Lipinski definition) is 5. The van der Waals surface area contributed by atoms with Gasteiger partial charge in [-0.15, -0.1) is 0 Å². The molecule has 0 unspecified atom stereocenters. The van der Waals surface area contributed by atoms with Gasteiger partial charge in [-0.1, -0.05) is 20.8 Å². The zero-order valence-corrected chi connectivity index (χ0v) is 16.9. The first-order chi connectivity index (χ1) is 12.6. The number of piperazine rings is 1. The summed E-state index contributed by atoms with van der Waals surface area (Å²) < 4.78 is 5.81. The van der Waals surface area contributed by atoms with Gasteiger partial charge in [0.1, 0.15) is 5.76 Å². The van der Waals surface area contributed by atoms with Crippen LogP contribution in [0.3, 0.4) is 0 Å². The zero-order chi connectivity index (χ0) is 19.8. The Morgan fingerprint density at radius 3 is 2.74 bits per heavy atom. The summed E-state index contributed by atoms with van der Waals surface area (Å²) in [5.74, 6) is 0.660. The van der Waals surface area contributed by atoms with Gasteiger partial charge in [-0.25, -0.2) is 0 Å². The lowest BCUT2D eigenvalue weighted by Crippen LogP contribution is -2.60. The summed E-state index contributed by atoms with van der Waals surface area (Å²) in [5, 5.41) is 3.00. The van der Waals surface area contributed by atoms with E-state index < -0.39 is 5.91 Å². The average molecular weight is 377 g/mol. The maximum Gasteiger partial charge on any atom is 0.284 e. The van der Waals surface area contributed by atoms with Crippen molar-refractivity contribution in [3.8, 4) is 0 Å². The van der Waals surface area contributed by atoms with Crippen LogP contribution in [0.4, 0.5) is 0 Å².